The van der Waals surface area contributed by atoms with Crippen LogP contribution >= 0.6 is 0 Å². The van der Waals surface area contributed by atoms with E-state index < -0.39 is 6.36 Å². The molecule has 9 heteroatoms. The minimum Gasteiger partial charge on any atom is -0.406 e. The standard InChI is InChI=1S/C25H20F3N5O/c26-25(27,28)34-21-4-2-18(3-5-21)22-6-1-17(13-30-22)15-33-12-9-23-20(16-33)14-31-24(32-23)19-7-10-29-11-8-19/h1-8,10-11,13-14H,9,12,15-16H2. The highest BCUT2D eigenvalue weighted by Crippen LogP contribution is 2.26. The number of fused-ring (bicyclic) bond motifs is 1. The molecule has 0 saturated carbocycles. The van der Waals surface area contributed by atoms with E-state index in [0.29, 0.717) is 11.5 Å². The molecule has 0 spiro atoms. The molecule has 0 radical (unpaired) electrons. The van der Waals surface area contributed by atoms with Crippen LogP contribution in [0, 0.1) is 0 Å². The Balaban J connectivity index is 1.22. The summed E-state index contributed by atoms with van der Waals surface area (Å²) in [7, 11) is 0. The van der Waals surface area contributed by atoms with Gasteiger partial charge in [-0.1, -0.05) is 6.07 Å². The van der Waals surface area contributed by atoms with Gasteiger partial charge in [-0.2, -0.15) is 0 Å². The lowest BCUT2D eigenvalue weighted by molar-refractivity contribution is -0.274. The first-order valence-corrected chi connectivity index (χ1v) is 10.7. The third kappa shape index (κ3) is 5.20. The smallest absolute Gasteiger partial charge is 0.406 e. The fourth-order valence-corrected chi connectivity index (χ4v) is 3.92. The van der Waals surface area contributed by atoms with Crippen LogP contribution in [-0.4, -0.2) is 37.7 Å². The van der Waals surface area contributed by atoms with Gasteiger partial charge in [-0.25, -0.2) is 9.97 Å². The number of nitrogens with zero attached hydrogens (tertiary/aromatic N) is 5. The Morgan fingerprint density at radius 1 is 0.882 bits per heavy atom. The van der Waals surface area contributed by atoms with Crippen molar-refractivity contribution in [1.29, 1.82) is 0 Å². The van der Waals surface area contributed by atoms with Crippen molar-refractivity contribution in [3.05, 3.63) is 90.1 Å². The van der Waals surface area contributed by atoms with Gasteiger partial charge in [0.05, 0.1) is 11.4 Å². The summed E-state index contributed by atoms with van der Waals surface area (Å²) in [6.45, 7) is 2.37. The van der Waals surface area contributed by atoms with E-state index in [1.165, 1.54) is 12.1 Å². The van der Waals surface area contributed by atoms with Crippen molar-refractivity contribution in [3.63, 3.8) is 0 Å². The summed E-state index contributed by atoms with van der Waals surface area (Å²) >= 11 is 0. The van der Waals surface area contributed by atoms with E-state index in [9.17, 15) is 13.2 Å². The van der Waals surface area contributed by atoms with Crippen molar-refractivity contribution >= 4 is 0 Å². The molecule has 34 heavy (non-hydrogen) atoms. The molecule has 0 amide bonds. The summed E-state index contributed by atoms with van der Waals surface area (Å²) in [6, 6.07) is 13.3. The number of aromatic nitrogens is 4. The van der Waals surface area contributed by atoms with Crippen LogP contribution in [0.2, 0.25) is 0 Å². The Morgan fingerprint density at radius 3 is 2.38 bits per heavy atom. The van der Waals surface area contributed by atoms with E-state index in [0.717, 1.165) is 54.0 Å². The molecule has 0 atom stereocenters. The minimum absolute atomic E-state index is 0.255. The molecular formula is C25H20F3N5O. The topological polar surface area (TPSA) is 64.0 Å². The van der Waals surface area contributed by atoms with E-state index in [4.69, 9.17) is 4.98 Å². The molecule has 1 aliphatic heterocycles. The van der Waals surface area contributed by atoms with Gasteiger partial charge in [-0.05, 0) is 48.0 Å². The SMILES string of the molecule is FC(F)(F)Oc1ccc(-c2ccc(CN3CCc4nc(-c5ccncc5)ncc4C3)cn2)cc1. The monoisotopic (exact) mass is 463 g/mol. The van der Waals surface area contributed by atoms with Crippen molar-refractivity contribution in [2.45, 2.75) is 25.9 Å². The number of hydrogen-bond acceptors (Lipinski definition) is 6. The number of halogens is 3. The quantitative estimate of drug-likeness (QED) is 0.412. The third-order valence-corrected chi connectivity index (χ3v) is 5.57. The lowest BCUT2D eigenvalue weighted by Crippen LogP contribution is -2.31. The van der Waals surface area contributed by atoms with E-state index in [2.05, 4.69) is 24.6 Å². The Hall–Kier alpha value is -3.85. The molecule has 1 aliphatic rings. The number of alkyl halides is 3. The summed E-state index contributed by atoms with van der Waals surface area (Å²) < 4.78 is 40.9. The zero-order valence-electron chi connectivity index (χ0n) is 18.0. The Labute approximate surface area is 194 Å². The molecule has 0 N–H and O–H groups in total. The second-order valence-corrected chi connectivity index (χ2v) is 7.99. The Bertz CT molecular complexity index is 1260. The third-order valence-electron chi connectivity index (χ3n) is 5.57. The highest BCUT2D eigenvalue weighted by atomic mass is 19.4. The van der Waals surface area contributed by atoms with Crippen LogP contribution < -0.4 is 4.74 Å². The predicted molar refractivity (Wildman–Crippen MR) is 119 cm³/mol. The normalized spacial score (nSPS) is 14.0. The molecule has 4 heterocycles. The molecule has 0 unspecified atom stereocenters. The van der Waals surface area contributed by atoms with Gasteiger partial charge in [0.1, 0.15) is 5.75 Å². The molecule has 3 aromatic heterocycles. The Morgan fingerprint density at radius 2 is 1.68 bits per heavy atom. The number of pyridine rings is 2. The van der Waals surface area contributed by atoms with E-state index >= 15 is 0 Å². The summed E-state index contributed by atoms with van der Waals surface area (Å²) in [5.41, 5.74) is 5.60. The zero-order chi connectivity index (χ0) is 23.5. The maximum atomic E-state index is 12.3. The number of rotatable bonds is 5. The first-order chi connectivity index (χ1) is 16.4. The maximum Gasteiger partial charge on any atom is 0.573 e. The zero-order valence-corrected chi connectivity index (χ0v) is 18.0. The van der Waals surface area contributed by atoms with Gasteiger partial charge in [-0.15, -0.1) is 13.2 Å². The van der Waals surface area contributed by atoms with Crippen molar-refractivity contribution in [3.8, 4) is 28.4 Å². The van der Waals surface area contributed by atoms with Crippen LogP contribution in [0.25, 0.3) is 22.6 Å². The number of benzene rings is 1. The Kier molecular flexibility index (Phi) is 5.93. The summed E-state index contributed by atoms with van der Waals surface area (Å²) in [5.74, 6) is 0.461. The van der Waals surface area contributed by atoms with Gasteiger partial charge in [0.25, 0.3) is 0 Å². The lowest BCUT2D eigenvalue weighted by atomic mass is 10.1. The molecule has 5 rings (SSSR count). The molecule has 0 aliphatic carbocycles. The fourth-order valence-electron chi connectivity index (χ4n) is 3.92. The van der Waals surface area contributed by atoms with Gasteiger partial charge in [0.15, 0.2) is 5.82 Å². The molecule has 6 nitrogen and oxygen atoms in total. The average Bonchev–Trinajstić information content (AvgIpc) is 2.84. The summed E-state index contributed by atoms with van der Waals surface area (Å²) in [6.07, 6.45) is 3.30. The van der Waals surface area contributed by atoms with Crippen LogP contribution in [0.3, 0.4) is 0 Å². The second kappa shape index (κ2) is 9.18. The number of ether oxygens (including phenoxy) is 1. The lowest BCUT2D eigenvalue weighted by Gasteiger charge is -2.28. The van der Waals surface area contributed by atoms with Crippen LogP contribution in [0.5, 0.6) is 5.75 Å². The van der Waals surface area contributed by atoms with Gasteiger partial charge in [0, 0.05) is 67.5 Å². The summed E-state index contributed by atoms with van der Waals surface area (Å²) in [4.78, 5) is 20.1. The first-order valence-electron chi connectivity index (χ1n) is 10.7. The maximum absolute atomic E-state index is 12.3. The van der Waals surface area contributed by atoms with Crippen molar-refractivity contribution < 1.29 is 17.9 Å². The van der Waals surface area contributed by atoms with Crippen LogP contribution in [-0.2, 0) is 19.5 Å². The van der Waals surface area contributed by atoms with E-state index in [1.54, 1.807) is 30.7 Å². The highest BCUT2D eigenvalue weighted by molar-refractivity contribution is 5.60. The largest absolute Gasteiger partial charge is 0.573 e. The van der Waals surface area contributed by atoms with Gasteiger partial charge >= 0.3 is 6.36 Å². The van der Waals surface area contributed by atoms with Gasteiger partial charge < -0.3 is 4.74 Å². The van der Waals surface area contributed by atoms with E-state index in [-0.39, 0.29) is 5.75 Å². The predicted octanol–water partition coefficient (Wildman–Crippen LogP) is 5.06. The fraction of sp³-hybridized carbons (Fsp3) is 0.200. The summed E-state index contributed by atoms with van der Waals surface area (Å²) in [5, 5.41) is 0. The highest BCUT2D eigenvalue weighted by Gasteiger charge is 2.31. The van der Waals surface area contributed by atoms with Crippen molar-refractivity contribution in [1.82, 2.24) is 24.8 Å². The molecule has 0 bridgehead atoms. The van der Waals surface area contributed by atoms with E-state index in [1.807, 2.05) is 30.5 Å². The average molecular weight is 463 g/mol. The molecule has 0 saturated heterocycles. The first kappa shape index (κ1) is 22.0. The van der Waals surface area contributed by atoms with Gasteiger partial charge in [-0.3, -0.25) is 14.9 Å². The molecule has 4 aromatic rings. The van der Waals surface area contributed by atoms with Gasteiger partial charge in [0.2, 0.25) is 0 Å². The molecule has 0 fully saturated rings. The van der Waals surface area contributed by atoms with Crippen LogP contribution in [0.4, 0.5) is 13.2 Å². The molecule has 1 aromatic carbocycles. The number of hydrogen-bond donors (Lipinski definition) is 0. The van der Waals surface area contributed by atoms with Crippen molar-refractivity contribution in [2.24, 2.45) is 0 Å². The van der Waals surface area contributed by atoms with Crippen molar-refractivity contribution in [2.75, 3.05) is 6.54 Å². The molecule has 172 valence electrons. The van der Waals surface area contributed by atoms with Crippen LogP contribution in [0.1, 0.15) is 16.8 Å². The second-order valence-electron chi connectivity index (χ2n) is 7.99. The van der Waals surface area contributed by atoms with Crippen LogP contribution in [0.15, 0.2) is 73.3 Å². The minimum atomic E-state index is -4.70. The molecular weight excluding hydrogens is 443 g/mol.